The van der Waals surface area contributed by atoms with Crippen LogP contribution in [0.4, 0.5) is 11.6 Å². The summed E-state index contributed by atoms with van der Waals surface area (Å²) >= 11 is 0. The van der Waals surface area contributed by atoms with Crippen molar-refractivity contribution in [2.45, 2.75) is 45.6 Å². The average Bonchev–Trinajstić information content (AvgIpc) is 2.36. The Morgan fingerprint density at radius 3 is 2.53 bits per heavy atom. The highest BCUT2D eigenvalue weighted by atomic mass is 16.3. The van der Waals surface area contributed by atoms with E-state index in [1.54, 1.807) is 0 Å². The van der Waals surface area contributed by atoms with E-state index < -0.39 is 0 Å². The standard InChI is InChI=1S/C14H24N4O/c1-4-5-12-17-13(15-3)9(2)14(18-12)16-8-10-6-11(19)7-10/h10-11,19H,4-8H2,1-3H3,(H2,15,16,17,18). The number of aromatic nitrogens is 2. The fourth-order valence-corrected chi connectivity index (χ4v) is 2.42. The normalized spacial score (nSPS) is 21.9. The Labute approximate surface area is 114 Å². The number of rotatable bonds is 6. The number of hydrogen-bond donors (Lipinski definition) is 3. The predicted molar refractivity (Wildman–Crippen MR) is 77.5 cm³/mol. The zero-order valence-electron chi connectivity index (χ0n) is 12.0. The third kappa shape index (κ3) is 3.35. The van der Waals surface area contributed by atoms with Crippen LogP contribution < -0.4 is 10.6 Å². The Kier molecular flexibility index (Phi) is 4.58. The Morgan fingerprint density at radius 2 is 1.95 bits per heavy atom. The Bertz CT molecular complexity index is 430. The first kappa shape index (κ1) is 14.1. The first-order chi connectivity index (χ1) is 9.13. The average molecular weight is 264 g/mol. The number of aryl methyl sites for hydroxylation is 1. The predicted octanol–water partition coefficient (Wildman–Crippen LogP) is 1.96. The third-order valence-corrected chi connectivity index (χ3v) is 3.67. The second kappa shape index (κ2) is 6.19. The van der Waals surface area contributed by atoms with E-state index in [-0.39, 0.29) is 6.10 Å². The van der Waals surface area contributed by atoms with E-state index in [0.29, 0.717) is 5.92 Å². The van der Waals surface area contributed by atoms with E-state index in [2.05, 4.69) is 27.5 Å². The lowest BCUT2D eigenvalue weighted by molar-refractivity contribution is 0.0486. The van der Waals surface area contributed by atoms with Crippen molar-refractivity contribution in [3.8, 4) is 0 Å². The van der Waals surface area contributed by atoms with Gasteiger partial charge in [-0.2, -0.15) is 0 Å². The van der Waals surface area contributed by atoms with Crippen LogP contribution in [0, 0.1) is 12.8 Å². The van der Waals surface area contributed by atoms with Crippen LogP contribution >= 0.6 is 0 Å². The van der Waals surface area contributed by atoms with E-state index in [4.69, 9.17) is 0 Å². The Morgan fingerprint density at radius 1 is 1.26 bits per heavy atom. The number of aliphatic hydroxyl groups excluding tert-OH is 1. The lowest BCUT2D eigenvalue weighted by Gasteiger charge is -2.31. The first-order valence-electron chi connectivity index (χ1n) is 7.11. The Hall–Kier alpha value is -1.36. The molecule has 1 fully saturated rings. The van der Waals surface area contributed by atoms with Gasteiger partial charge in [0.15, 0.2) is 0 Å². The van der Waals surface area contributed by atoms with Crippen molar-refractivity contribution in [1.82, 2.24) is 9.97 Å². The molecule has 1 aliphatic rings. The van der Waals surface area contributed by atoms with E-state index >= 15 is 0 Å². The molecule has 5 nitrogen and oxygen atoms in total. The number of hydrogen-bond acceptors (Lipinski definition) is 5. The quantitative estimate of drug-likeness (QED) is 0.733. The van der Waals surface area contributed by atoms with Crippen molar-refractivity contribution in [3.63, 3.8) is 0 Å². The summed E-state index contributed by atoms with van der Waals surface area (Å²) in [7, 11) is 1.89. The van der Waals surface area contributed by atoms with E-state index in [1.807, 2.05) is 14.0 Å². The maximum Gasteiger partial charge on any atom is 0.134 e. The molecular formula is C14H24N4O. The molecule has 0 radical (unpaired) electrons. The summed E-state index contributed by atoms with van der Waals surface area (Å²) in [6, 6.07) is 0. The summed E-state index contributed by atoms with van der Waals surface area (Å²) < 4.78 is 0. The number of anilines is 2. The molecule has 1 aromatic heterocycles. The molecule has 0 spiro atoms. The fourth-order valence-electron chi connectivity index (χ4n) is 2.42. The molecule has 106 valence electrons. The van der Waals surface area contributed by atoms with Crippen molar-refractivity contribution < 1.29 is 5.11 Å². The highest BCUT2D eigenvalue weighted by molar-refractivity contribution is 5.57. The topological polar surface area (TPSA) is 70.1 Å². The summed E-state index contributed by atoms with van der Waals surface area (Å²) in [4.78, 5) is 9.11. The molecule has 0 aromatic carbocycles. The van der Waals surface area contributed by atoms with E-state index in [0.717, 1.165) is 55.3 Å². The molecule has 1 aromatic rings. The van der Waals surface area contributed by atoms with Gasteiger partial charge in [0, 0.05) is 25.6 Å². The van der Waals surface area contributed by atoms with Crippen molar-refractivity contribution in [3.05, 3.63) is 11.4 Å². The van der Waals surface area contributed by atoms with Gasteiger partial charge in [-0.3, -0.25) is 0 Å². The van der Waals surface area contributed by atoms with Gasteiger partial charge in [-0.1, -0.05) is 6.92 Å². The van der Waals surface area contributed by atoms with Gasteiger partial charge in [0.25, 0.3) is 0 Å². The maximum absolute atomic E-state index is 9.30. The fraction of sp³-hybridized carbons (Fsp3) is 0.714. The SMILES string of the molecule is CCCc1nc(NC)c(C)c(NCC2CC(O)C2)n1. The van der Waals surface area contributed by atoms with Crippen molar-refractivity contribution >= 4 is 11.6 Å². The lowest BCUT2D eigenvalue weighted by Crippen LogP contribution is -2.33. The van der Waals surface area contributed by atoms with E-state index in [1.165, 1.54) is 0 Å². The summed E-state index contributed by atoms with van der Waals surface area (Å²) in [6.45, 7) is 5.04. The minimum Gasteiger partial charge on any atom is -0.393 e. The summed E-state index contributed by atoms with van der Waals surface area (Å²) in [5.41, 5.74) is 1.06. The minimum absolute atomic E-state index is 0.0955. The molecule has 5 heteroatoms. The van der Waals surface area contributed by atoms with Gasteiger partial charge in [0.05, 0.1) is 6.10 Å². The van der Waals surface area contributed by atoms with Gasteiger partial charge >= 0.3 is 0 Å². The summed E-state index contributed by atoms with van der Waals surface area (Å²) in [6.07, 6.45) is 3.64. The molecule has 1 heterocycles. The van der Waals surface area contributed by atoms with Crippen LogP contribution in [-0.4, -0.2) is 34.8 Å². The molecule has 1 saturated carbocycles. The molecule has 0 bridgehead atoms. The van der Waals surface area contributed by atoms with Gasteiger partial charge in [-0.15, -0.1) is 0 Å². The maximum atomic E-state index is 9.30. The van der Waals surface area contributed by atoms with Crippen molar-refractivity contribution in [2.24, 2.45) is 5.92 Å². The van der Waals surface area contributed by atoms with Crippen LogP contribution in [0.25, 0.3) is 0 Å². The Balaban J connectivity index is 2.06. The lowest BCUT2D eigenvalue weighted by atomic mass is 9.82. The molecule has 0 saturated heterocycles. The largest absolute Gasteiger partial charge is 0.393 e. The number of nitrogens with one attached hydrogen (secondary N) is 2. The molecule has 0 atom stereocenters. The molecule has 19 heavy (non-hydrogen) atoms. The number of nitrogens with zero attached hydrogens (tertiary/aromatic N) is 2. The highest BCUT2D eigenvalue weighted by Crippen LogP contribution is 2.28. The molecule has 0 unspecified atom stereocenters. The minimum atomic E-state index is -0.0955. The molecule has 0 amide bonds. The molecule has 2 rings (SSSR count). The summed E-state index contributed by atoms with van der Waals surface area (Å²) in [5, 5.41) is 15.8. The third-order valence-electron chi connectivity index (χ3n) is 3.67. The zero-order chi connectivity index (χ0) is 13.8. The second-order valence-corrected chi connectivity index (χ2v) is 5.33. The van der Waals surface area contributed by atoms with Crippen LogP contribution in [0.1, 0.15) is 37.6 Å². The van der Waals surface area contributed by atoms with Crippen molar-refractivity contribution in [2.75, 3.05) is 24.2 Å². The number of aliphatic hydroxyl groups is 1. The second-order valence-electron chi connectivity index (χ2n) is 5.33. The highest BCUT2D eigenvalue weighted by Gasteiger charge is 2.27. The van der Waals surface area contributed by atoms with Crippen LogP contribution in [0.2, 0.25) is 0 Å². The van der Waals surface area contributed by atoms with Gasteiger partial charge in [-0.05, 0) is 32.1 Å². The van der Waals surface area contributed by atoms with Gasteiger partial charge in [0.2, 0.25) is 0 Å². The van der Waals surface area contributed by atoms with Gasteiger partial charge in [0.1, 0.15) is 17.5 Å². The smallest absolute Gasteiger partial charge is 0.134 e. The van der Waals surface area contributed by atoms with Crippen LogP contribution in [0.5, 0.6) is 0 Å². The monoisotopic (exact) mass is 264 g/mol. The van der Waals surface area contributed by atoms with Crippen LogP contribution in [-0.2, 0) is 6.42 Å². The van der Waals surface area contributed by atoms with E-state index in [9.17, 15) is 5.11 Å². The van der Waals surface area contributed by atoms with Crippen molar-refractivity contribution in [1.29, 1.82) is 0 Å². The van der Waals surface area contributed by atoms with Crippen LogP contribution in [0.3, 0.4) is 0 Å². The molecule has 1 aliphatic carbocycles. The van der Waals surface area contributed by atoms with Crippen LogP contribution in [0.15, 0.2) is 0 Å². The molecular weight excluding hydrogens is 240 g/mol. The van der Waals surface area contributed by atoms with Gasteiger partial charge in [-0.25, -0.2) is 9.97 Å². The van der Waals surface area contributed by atoms with Gasteiger partial charge < -0.3 is 15.7 Å². The molecule has 3 N–H and O–H groups in total. The first-order valence-corrected chi connectivity index (χ1v) is 7.11. The summed E-state index contributed by atoms with van der Waals surface area (Å²) in [5.74, 6) is 3.27. The zero-order valence-corrected chi connectivity index (χ0v) is 12.0. The molecule has 0 aliphatic heterocycles.